The van der Waals surface area contributed by atoms with Gasteiger partial charge in [-0.05, 0) is 36.8 Å². The van der Waals surface area contributed by atoms with E-state index >= 15 is 0 Å². The van der Waals surface area contributed by atoms with Crippen molar-refractivity contribution in [2.75, 3.05) is 5.32 Å². The molecule has 3 aromatic heterocycles. The van der Waals surface area contributed by atoms with Crippen molar-refractivity contribution < 1.29 is 9.31 Å². The number of benzene rings is 1. The van der Waals surface area contributed by atoms with Crippen molar-refractivity contribution >= 4 is 22.8 Å². The number of nitrogens with one attached hydrogen (secondary N) is 1. The normalized spacial score (nSPS) is 10.9. The number of hydrogen-bond acceptors (Lipinski definition) is 6. The molecule has 4 aromatic rings. The topological polar surface area (TPSA) is 98.2 Å². The Balaban J connectivity index is 1.73. The van der Waals surface area contributed by atoms with Crippen LogP contribution in [0.2, 0.25) is 0 Å². The summed E-state index contributed by atoms with van der Waals surface area (Å²) < 4.78 is 15.2. The molecule has 1 N–H and O–H groups in total. The van der Waals surface area contributed by atoms with Crippen molar-refractivity contribution in [3.63, 3.8) is 0 Å². The summed E-state index contributed by atoms with van der Waals surface area (Å²) in [5, 5.41) is 18.1. The van der Waals surface area contributed by atoms with Gasteiger partial charge in [-0.25, -0.2) is 14.5 Å². The molecular weight excluding hydrogens is 351 g/mol. The number of fused-ring (bicyclic) bond motifs is 1. The Morgan fingerprint density at radius 3 is 2.89 bits per heavy atom. The number of rotatable bonds is 4. The molecule has 27 heavy (non-hydrogen) atoms. The van der Waals surface area contributed by atoms with Crippen LogP contribution in [-0.2, 0) is 0 Å². The molecule has 8 nitrogen and oxygen atoms in total. The fraction of sp³-hybridized carbons (Fsp3) is 0.0556. The fourth-order valence-electron chi connectivity index (χ4n) is 2.75. The summed E-state index contributed by atoms with van der Waals surface area (Å²) in [6, 6.07) is 9.24. The van der Waals surface area contributed by atoms with Crippen LogP contribution < -0.4 is 5.32 Å². The first-order valence-electron chi connectivity index (χ1n) is 8.00. The SMILES string of the molecule is Cc1cnc(Nc2ccc(F)c([N+](=O)[O-])c2)nc1-c1cnn2ccccc12. The van der Waals surface area contributed by atoms with Crippen molar-refractivity contribution in [2.24, 2.45) is 0 Å². The molecule has 0 saturated heterocycles. The van der Waals surface area contributed by atoms with Gasteiger partial charge >= 0.3 is 5.69 Å². The van der Waals surface area contributed by atoms with Crippen LogP contribution in [0.15, 0.2) is 55.0 Å². The first kappa shape index (κ1) is 16.6. The maximum absolute atomic E-state index is 13.5. The third-order valence-corrected chi connectivity index (χ3v) is 4.05. The summed E-state index contributed by atoms with van der Waals surface area (Å²) in [7, 11) is 0. The number of anilines is 2. The number of pyridine rings is 1. The first-order valence-corrected chi connectivity index (χ1v) is 8.00. The van der Waals surface area contributed by atoms with Gasteiger partial charge in [-0.3, -0.25) is 10.1 Å². The zero-order chi connectivity index (χ0) is 19.0. The maximum atomic E-state index is 13.5. The predicted molar refractivity (Wildman–Crippen MR) is 97.3 cm³/mol. The Morgan fingerprint density at radius 2 is 2.07 bits per heavy atom. The van der Waals surface area contributed by atoms with Crippen LogP contribution in [0.25, 0.3) is 16.8 Å². The molecule has 0 saturated carbocycles. The standard InChI is InChI=1S/C18H13FN6O2/c1-11-9-20-18(22-12-5-6-14(19)16(8-12)25(26)27)23-17(11)13-10-21-24-7-3-2-4-15(13)24/h2-10H,1H3,(H,20,22,23). The molecule has 0 radical (unpaired) electrons. The van der Waals surface area contributed by atoms with Gasteiger partial charge < -0.3 is 5.32 Å². The Labute approximate surface area is 152 Å². The molecule has 9 heteroatoms. The minimum atomic E-state index is -0.901. The largest absolute Gasteiger partial charge is 0.324 e. The van der Waals surface area contributed by atoms with Crippen LogP contribution in [0.5, 0.6) is 0 Å². The minimum absolute atomic E-state index is 0.242. The van der Waals surface area contributed by atoms with Crippen molar-refractivity contribution in [3.8, 4) is 11.3 Å². The molecule has 0 aliphatic rings. The summed E-state index contributed by atoms with van der Waals surface area (Å²) in [6.07, 6.45) is 5.21. The summed E-state index contributed by atoms with van der Waals surface area (Å²) in [6.45, 7) is 1.88. The molecule has 1 aromatic carbocycles. The van der Waals surface area contributed by atoms with Gasteiger partial charge in [0.25, 0.3) is 0 Å². The van der Waals surface area contributed by atoms with E-state index < -0.39 is 16.4 Å². The molecule has 0 atom stereocenters. The van der Waals surface area contributed by atoms with Crippen molar-refractivity contribution in [1.29, 1.82) is 0 Å². The van der Waals surface area contributed by atoms with Gasteiger partial charge in [0.05, 0.1) is 22.3 Å². The van der Waals surface area contributed by atoms with Crippen LogP contribution >= 0.6 is 0 Å². The summed E-state index contributed by atoms with van der Waals surface area (Å²) in [4.78, 5) is 18.9. The van der Waals surface area contributed by atoms with Crippen LogP contribution in [0.4, 0.5) is 21.7 Å². The molecule has 134 valence electrons. The quantitative estimate of drug-likeness (QED) is 0.436. The molecule has 0 aliphatic carbocycles. The van der Waals surface area contributed by atoms with Crippen LogP contribution in [-0.4, -0.2) is 24.5 Å². The monoisotopic (exact) mass is 364 g/mol. The van der Waals surface area contributed by atoms with E-state index in [9.17, 15) is 14.5 Å². The number of halogens is 1. The van der Waals surface area contributed by atoms with E-state index in [2.05, 4.69) is 20.4 Å². The second-order valence-corrected chi connectivity index (χ2v) is 5.86. The Bertz CT molecular complexity index is 1170. The third-order valence-electron chi connectivity index (χ3n) is 4.05. The minimum Gasteiger partial charge on any atom is -0.324 e. The van der Waals surface area contributed by atoms with Gasteiger partial charge in [-0.1, -0.05) is 6.07 Å². The van der Waals surface area contributed by atoms with Gasteiger partial charge in [-0.15, -0.1) is 0 Å². The lowest BCUT2D eigenvalue weighted by molar-refractivity contribution is -0.387. The summed E-state index contributed by atoms with van der Waals surface area (Å²) in [5.41, 5.74) is 2.97. The Kier molecular flexibility index (Phi) is 3.96. The zero-order valence-electron chi connectivity index (χ0n) is 14.1. The van der Waals surface area contributed by atoms with Gasteiger partial charge in [0.2, 0.25) is 11.8 Å². The number of aromatic nitrogens is 4. The smallest absolute Gasteiger partial charge is 0.306 e. The number of nitro groups is 1. The lowest BCUT2D eigenvalue weighted by atomic mass is 10.1. The van der Waals surface area contributed by atoms with Gasteiger partial charge in [-0.2, -0.15) is 9.49 Å². The molecule has 0 spiro atoms. The molecule has 0 aliphatic heterocycles. The van der Waals surface area contributed by atoms with Crippen LogP contribution in [0, 0.1) is 22.9 Å². The van der Waals surface area contributed by atoms with E-state index in [-0.39, 0.29) is 5.95 Å². The van der Waals surface area contributed by atoms with Crippen LogP contribution in [0.1, 0.15) is 5.56 Å². The van der Waals surface area contributed by atoms with E-state index in [1.807, 2.05) is 31.3 Å². The zero-order valence-corrected chi connectivity index (χ0v) is 14.1. The Hall–Kier alpha value is -3.88. The average Bonchev–Trinajstić information content (AvgIpc) is 3.08. The van der Waals surface area contributed by atoms with E-state index in [0.717, 1.165) is 28.8 Å². The molecule has 0 unspecified atom stereocenters. The highest BCUT2D eigenvalue weighted by Gasteiger charge is 2.16. The number of nitrogens with zero attached hydrogens (tertiary/aromatic N) is 5. The average molecular weight is 364 g/mol. The third kappa shape index (κ3) is 3.06. The molecular formula is C18H13FN6O2. The van der Waals surface area contributed by atoms with E-state index in [1.54, 1.807) is 16.9 Å². The highest BCUT2D eigenvalue weighted by atomic mass is 19.1. The van der Waals surface area contributed by atoms with E-state index in [1.165, 1.54) is 6.07 Å². The highest BCUT2D eigenvalue weighted by Crippen LogP contribution is 2.28. The lowest BCUT2D eigenvalue weighted by Crippen LogP contribution is -2.01. The molecule has 0 bridgehead atoms. The maximum Gasteiger partial charge on any atom is 0.306 e. The molecule has 4 rings (SSSR count). The lowest BCUT2D eigenvalue weighted by Gasteiger charge is -2.08. The Morgan fingerprint density at radius 1 is 1.22 bits per heavy atom. The predicted octanol–water partition coefficient (Wildman–Crippen LogP) is 3.89. The molecule has 3 heterocycles. The molecule has 0 amide bonds. The number of hydrogen-bond donors (Lipinski definition) is 1. The van der Waals surface area contributed by atoms with Crippen molar-refractivity contribution in [2.45, 2.75) is 6.92 Å². The number of aryl methyl sites for hydroxylation is 1. The second-order valence-electron chi connectivity index (χ2n) is 5.86. The van der Waals surface area contributed by atoms with Crippen molar-refractivity contribution in [3.05, 3.63) is 76.5 Å². The van der Waals surface area contributed by atoms with Gasteiger partial charge in [0.1, 0.15) is 0 Å². The van der Waals surface area contributed by atoms with E-state index in [4.69, 9.17) is 0 Å². The van der Waals surface area contributed by atoms with Gasteiger partial charge in [0, 0.05) is 29.7 Å². The van der Waals surface area contributed by atoms with Crippen molar-refractivity contribution in [1.82, 2.24) is 19.6 Å². The summed E-state index contributed by atoms with van der Waals surface area (Å²) in [5.74, 6) is -0.658. The first-order chi connectivity index (χ1) is 13.0. The summed E-state index contributed by atoms with van der Waals surface area (Å²) >= 11 is 0. The fourth-order valence-corrected chi connectivity index (χ4v) is 2.75. The second kappa shape index (κ2) is 6.45. The molecule has 0 fully saturated rings. The number of nitro benzene ring substituents is 1. The van der Waals surface area contributed by atoms with Crippen LogP contribution in [0.3, 0.4) is 0 Å². The highest BCUT2D eigenvalue weighted by molar-refractivity contribution is 5.79. The van der Waals surface area contributed by atoms with E-state index in [0.29, 0.717) is 11.4 Å². The van der Waals surface area contributed by atoms with Gasteiger partial charge in [0.15, 0.2) is 0 Å².